The number of alkyl halides is 1. The van der Waals surface area contributed by atoms with E-state index < -0.39 is 5.67 Å². The maximum absolute atomic E-state index is 14.2. The number of fused-ring (bicyclic) bond motifs is 1. The summed E-state index contributed by atoms with van der Waals surface area (Å²) in [5.74, 6) is 2.15. The van der Waals surface area contributed by atoms with Gasteiger partial charge >= 0.3 is 0 Å². The van der Waals surface area contributed by atoms with Gasteiger partial charge in [0, 0.05) is 0 Å². The number of halogens is 1. The molecule has 2 aliphatic heterocycles. The summed E-state index contributed by atoms with van der Waals surface area (Å²) in [6, 6.07) is 3.73. The first-order valence-electron chi connectivity index (χ1n) is 7.36. The van der Waals surface area contributed by atoms with Crippen molar-refractivity contribution in [1.29, 1.82) is 0 Å². The van der Waals surface area contributed by atoms with Gasteiger partial charge in [0.15, 0.2) is 11.5 Å². The lowest BCUT2D eigenvalue weighted by Crippen LogP contribution is -2.28. The van der Waals surface area contributed by atoms with E-state index in [1.54, 1.807) is 19.9 Å². The Hall–Kier alpha value is -1.29. The van der Waals surface area contributed by atoms with Gasteiger partial charge in [-0.05, 0) is 75.4 Å². The molecule has 0 amide bonds. The molecule has 2 heterocycles. The molecule has 1 fully saturated rings. The fourth-order valence-electron chi connectivity index (χ4n) is 2.97. The molecule has 0 radical (unpaired) electrons. The van der Waals surface area contributed by atoms with Crippen molar-refractivity contribution in [3.63, 3.8) is 0 Å². The molecule has 0 unspecified atom stereocenters. The number of nitrogens with one attached hydrogen (secondary N) is 1. The minimum absolute atomic E-state index is 0.241. The Morgan fingerprint density at radius 1 is 1.25 bits per heavy atom. The Labute approximate surface area is 119 Å². The number of ether oxygens (including phenoxy) is 2. The molecule has 0 spiro atoms. The summed E-state index contributed by atoms with van der Waals surface area (Å²) in [5, 5.41) is 3.37. The smallest absolute Gasteiger partial charge is 0.231 e. The average molecular weight is 279 g/mol. The zero-order valence-electron chi connectivity index (χ0n) is 12.2. The zero-order valence-corrected chi connectivity index (χ0v) is 12.2. The summed E-state index contributed by atoms with van der Waals surface area (Å²) in [6.45, 7) is 5.54. The third kappa shape index (κ3) is 2.75. The predicted octanol–water partition coefficient (Wildman–Crippen LogP) is 3.16. The van der Waals surface area contributed by atoms with Crippen LogP contribution in [0.3, 0.4) is 0 Å². The molecule has 1 N–H and O–H groups in total. The fraction of sp³-hybridized carbons (Fsp3) is 0.625. The first-order chi connectivity index (χ1) is 9.54. The Balaban J connectivity index is 1.90. The molecule has 1 aromatic carbocycles. The molecule has 0 saturated carbocycles. The molecule has 3 nitrogen and oxygen atoms in total. The second-order valence-electron chi connectivity index (χ2n) is 6.24. The van der Waals surface area contributed by atoms with E-state index in [2.05, 4.69) is 5.32 Å². The van der Waals surface area contributed by atoms with Crippen LogP contribution in [0.25, 0.3) is 0 Å². The van der Waals surface area contributed by atoms with Crippen LogP contribution in [0.4, 0.5) is 4.39 Å². The maximum atomic E-state index is 14.2. The van der Waals surface area contributed by atoms with Crippen molar-refractivity contribution in [2.45, 2.75) is 38.8 Å². The van der Waals surface area contributed by atoms with Crippen molar-refractivity contribution in [2.24, 2.45) is 5.92 Å². The van der Waals surface area contributed by atoms with Crippen LogP contribution in [0.15, 0.2) is 12.1 Å². The van der Waals surface area contributed by atoms with Crippen molar-refractivity contribution >= 4 is 0 Å². The molecule has 3 rings (SSSR count). The molecule has 0 bridgehead atoms. The second-order valence-corrected chi connectivity index (χ2v) is 6.24. The number of hydrogen-bond donors (Lipinski definition) is 1. The highest BCUT2D eigenvalue weighted by Crippen LogP contribution is 2.41. The summed E-state index contributed by atoms with van der Waals surface area (Å²) in [7, 11) is 0. The lowest BCUT2D eigenvalue weighted by Gasteiger charge is -2.24. The first-order valence-corrected chi connectivity index (χ1v) is 7.36. The summed E-state index contributed by atoms with van der Waals surface area (Å²) in [4.78, 5) is 0. The maximum Gasteiger partial charge on any atom is 0.231 e. The minimum atomic E-state index is -1.36. The van der Waals surface area contributed by atoms with Crippen molar-refractivity contribution < 1.29 is 13.9 Å². The third-order valence-corrected chi connectivity index (χ3v) is 4.20. The van der Waals surface area contributed by atoms with Gasteiger partial charge in [0.05, 0.1) is 0 Å². The van der Waals surface area contributed by atoms with Crippen molar-refractivity contribution in [3.05, 3.63) is 23.3 Å². The molecule has 0 atom stereocenters. The second kappa shape index (κ2) is 5.24. The highest BCUT2D eigenvalue weighted by molar-refractivity contribution is 5.52. The SMILES string of the molecule is CC(C)(F)c1cc(CC2CCNCC2)c2c(c1)OCO2. The standard InChI is InChI=1S/C16H22FNO2/c1-16(2,17)13-8-12(7-11-3-5-18-6-4-11)15-14(9-13)19-10-20-15/h8-9,11,18H,3-7,10H2,1-2H3. The van der Waals surface area contributed by atoms with Crippen molar-refractivity contribution in [1.82, 2.24) is 5.32 Å². The average Bonchev–Trinajstić information content (AvgIpc) is 2.87. The van der Waals surface area contributed by atoms with Gasteiger partial charge < -0.3 is 14.8 Å². The van der Waals surface area contributed by atoms with E-state index in [0.717, 1.165) is 30.8 Å². The fourth-order valence-corrected chi connectivity index (χ4v) is 2.97. The van der Waals surface area contributed by atoms with Gasteiger partial charge in [-0.25, -0.2) is 4.39 Å². The van der Waals surface area contributed by atoms with Crippen LogP contribution in [-0.2, 0) is 12.1 Å². The Morgan fingerprint density at radius 2 is 2.00 bits per heavy atom. The van der Waals surface area contributed by atoms with Gasteiger partial charge in [-0.2, -0.15) is 0 Å². The van der Waals surface area contributed by atoms with Gasteiger partial charge in [0.2, 0.25) is 6.79 Å². The van der Waals surface area contributed by atoms with Crippen LogP contribution in [0.1, 0.15) is 37.8 Å². The Bertz CT molecular complexity index is 490. The van der Waals surface area contributed by atoms with Crippen LogP contribution in [0, 0.1) is 5.92 Å². The molecular weight excluding hydrogens is 257 g/mol. The molecule has 1 aromatic rings. The zero-order chi connectivity index (χ0) is 14.2. The Morgan fingerprint density at radius 3 is 2.70 bits per heavy atom. The van der Waals surface area contributed by atoms with E-state index in [0.29, 0.717) is 17.2 Å². The molecular formula is C16H22FNO2. The highest BCUT2D eigenvalue weighted by Gasteiger charge is 2.27. The minimum Gasteiger partial charge on any atom is -0.454 e. The third-order valence-electron chi connectivity index (χ3n) is 4.20. The van der Waals surface area contributed by atoms with Gasteiger partial charge in [-0.15, -0.1) is 0 Å². The quantitative estimate of drug-likeness (QED) is 0.922. The number of benzene rings is 1. The molecule has 20 heavy (non-hydrogen) atoms. The lowest BCUT2D eigenvalue weighted by molar-refractivity contribution is 0.172. The van der Waals surface area contributed by atoms with Crippen molar-refractivity contribution in [2.75, 3.05) is 19.9 Å². The largest absolute Gasteiger partial charge is 0.454 e. The molecule has 0 aromatic heterocycles. The molecule has 4 heteroatoms. The van der Waals surface area contributed by atoms with E-state index >= 15 is 0 Å². The molecule has 1 saturated heterocycles. The summed E-state index contributed by atoms with van der Waals surface area (Å²) in [6.07, 6.45) is 3.27. The predicted molar refractivity (Wildman–Crippen MR) is 76.0 cm³/mol. The monoisotopic (exact) mass is 279 g/mol. The lowest BCUT2D eigenvalue weighted by atomic mass is 9.88. The summed E-state index contributed by atoms with van der Waals surface area (Å²) < 4.78 is 25.3. The molecule has 110 valence electrons. The summed E-state index contributed by atoms with van der Waals surface area (Å²) >= 11 is 0. The highest BCUT2D eigenvalue weighted by atomic mass is 19.1. The van der Waals surface area contributed by atoms with Gasteiger partial charge in [0.1, 0.15) is 5.67 Å². The van der Waals surface area contributed by atoms with E-state index in [4.69, 9.17) is 9.47 Å². The van der Waals surface area contributed by atoms with E-state index in [9.17, 15) is 4.39 Å². The van der Waals surface area contributed by atoms with E-state index in [1.807, 2.05) is 6.07 Å². The van der Waals surface area contributed by atoms with E-state index in [1.165, 1.54) is 12.8 Å². The van der Waals surface area contributed by atoms with Crippen LogP contribution in [0.2, 0.25) is 0 Å². The number of rotatable bonds is 3. The normalized spacial score (nSPS) is 19.4. The van der Waals surface area contributed by atoms with Crippen LogP contribution >= 0.6 is 0 Å². The topological polar surface area (TPSA) is 30.5 Å². The van der Waals surface area contributed by atoms with Crippen molar-refractivity contribution in [3.8, 4) is 11.5 Å². The van der Waals surface area contributed by atoms with Gasteiger partial charge in [-0.3, -0.25) is 0 Å². The van der Waals surface area contributed by atoms with Crippen LogP contribution < -0.4 is 14.8 Å². The van der Waals surface area contributed by atoms with E-state index in [-0.39, 0.29) is 6.79 Å². The van der Waals surface area contributed by atoms with Gasteiger partial charge in [-0.1, -0.05) is 0 Å². The molecule has 0 aliphatic carbocycles. The molecule has 2 aliphatic rings. The summed E-state index contributed by atoms with van der Waals surface area (Å²) in [5.41, 5.74) is 0.405. The van der Waals surface area contributed by atoms with Crippen LogP contribution in [-0.4, -0.2) is 19.9 Å². The number of hydrogen-bond acceptors (Lipinski definition) is 3. The van der Waals surface area contributed by atoms with Crippen LogP contribution in [0.5, 0.6) is 11.5 Å². The Kier molecular flexibility index (Phi) is 3.59. The number of piperidine rings is 1. The first kappa shape index (κ1) is 13.7. The van der Waals surface area contributed by atoms with Gasteiger partial charge in [0.25, 0.3) is 0 Å².